The quantitative estimate of drug-likeness (QED) is 0.648. The van der Waals surface area contributed by atoms with Gasteiger partial charge >= 0.3 is 0 Å². The van der Waals surface area contributed by atoms with Gasteiger partial charge in [-0.1, -0.05) is 18.0 Å². The van der Waals surface area contributed by atoms with Crippen molar-refractivity contribution in [1.82, 2.24) is 25.1 Å². The molecule has 3 aromatic rings. The highest BCUT2D eigenvalue weighted by molar-refractivity contribution is 6.30. The van der Waals surface area contributed by atoms with Gasteiger partial charge < -0.3 is 10.4 Å². The van der Waals surface area contributed by atoms with Gasteiger partial charge in [0.2, 0.25) is 0 Å². The van der Waals surface area contributed by atoms with Crippen LogP contribution in [0.3, 0.4) is 0 Å². The van der Waals surface area contributed by atoms with Crippen LogP contribution in [-0.2, 0) is 0 Å². The first-order chi connectivity index (χ1) is 14.0. The number of carbonyl (C=O) groups is 1. The molecule has 4 rings (SSSR count). The fraction of sp³-hybridized carbons (Fsp3) is 0.333. The molecule has 1 aromatic carbocycles. The number of rotatable bonds is 6. The Morgan fingerprint density at radius 1 is 1.31 bits per heavy atom. The van der Waals surface area contributed by atoms with E-state index in [1.54, 1.807) is 42.3 Å². The number of halogens is 1. The lowest BCUT2D eigenvalue weighted by Gasteiger charge is -2.25. The van der Waals surface area contributed by atoms with Gasteiger partial charge in [-0.15, -0.1) is 0 Å². The Morgan fingerprint density at radius 3 is 2.79 bits per heavy atom. The van der Waals surface area contributed by atoms with Crippen LogP contribution in [0.25, 0.3) is 16.9 Å². The number of aliphatic hydroxyl groups is 1. The summed E-state index contributed by atoms with van der Waals surface area (Å²) < 4.78 is 1.80. The first-order valence-corrected chi connectivity index (χ1v) is 10.0. The Labute approximate surface area is 173 Å². The van der Waals surface area contributed by atoms with E-state index < -0.39 is 0 Å². The van der Waals surface area contributed by atoms with Crippen LogP contribution in [0.5, 0.6) is 0 Å². The number of hydrogen-bond acceptors (Lipinski definition) is 5. The molecule has 1 aliphatic carbocycles. The third kappa shape index (κ3) is 4.16. The molecule has 0 radical (unpaired) electrons. The summed E-state index contributed by atoms with van der Waals surface area (Å²) in [5.41, 5.74) is 2.69. The van der Waals surface area contributed by atoms with E-state index in [4.69, 9.17) is 11.6 Å². The van der Waals surface area contributed by atoms with Gasteiger partial charge in [-0.2, -0.15) is 5.10 Å². The van der Waals surface area contributed by atoms with Gasteiger partial charge in [-0.25, -0.2) is 9.67 Å². The lowest BCUT2D eigenvalue weighted by molar-refractivity contribution is 0.0922. The Balaban J connectivity index is 1.79. The van der Waals surface area contributed by atoms with Crippen molar-refractivity contribution in [2.24, 2.45) is 0 Å². The van der Waals surface area contributed by atoms with Crippen LogP contribution < -0.4 is 5.32 Å². The number of hydrogen-bond donors (Lipinski definition) is 2. The summed E-state index contributed by atoms with van der Waals surface area (Å²) >= 11 is 5.97. The molecule has 8 heteroatoms. The zero-order chi connectivity index (χ0) is 20.4. The number of aliphatic hydroxyl groups excluding tert-OH is 1. The van der Waals surface area contributed by atoms with Gasteiger partial charge in [0, 0.05) is 29.3 Å². The van der Waals surface area contributed by atoms with Gasteiger partial charge in [-0.3, -0.25) is 9.78 Å². The molecular weight excluding hydrogens is 390 g/mol. The lowest BCUT2D eigenvalue weighted by atomic mass is 9.85. The van der Waals surface area contributed by atoms with E-state index in [0.29, 0.717) is 22.2 Å². The SMILES string of the molecule is C[C@@H](CO)NC(=O)c1cc(-c2ccc(Cl)cn2)cc(-n2ncnc2C2CCC2)c1. The summed E-state index contributed by atoms with van der Waals surface area (Å²) in [6, 6.07) is 8.74. The van der Waals surface area contributed by atoms with Crippen LogP contribution >= 0.6 is 11.6 Å². The van der Waals surface area contributed by atoms with E-state index >= 15 is 0 Å². The minimum atomic E-state index is -0.347. The molecule has 29 heavy (non-hydrogen) atoms. The highest BCUT2D eigenvalue weighted by Gasteiger charge is 2.25. The molecule has 2 N–H and O–H groups in total. The number of amides is 1. The van der Waals surface area contributed by atoms with Gasteiger partial charge in [0.15, 0.2) is 0 Å². The zero-order valence-corrected chi connectivity index (χ0v) is 16.8. The summed E-state index contributed by atoms with van der Waals surface area (Å²) in [5.74, 6) is 1.03. The average Bonchev–Trinajstić information content (AvgIpc) is 3.15. The maximum Gasteiger partial charge on any atom is 0.251 e. The maximum atomic E-state index is 12.8. The van der Waals surface area contributed by atoms with Crippen molar-refractivity contribution >= 4 is 17.5 Å². The van der Waals surface area contributed by atoms with Crippen LogP contribution in [-0.4, -0.2) is 43.4 Å². The van der Waals surface area contributed by atoms with Crippen molar-refractivity contribution in [3.63, 3.8) is 0 Å². The molecule has 0 aliphatic heterocycles. The largest absolute Gasteiger partial charge is 0.394 e. The standard InChI is InChI=1S/C21H22ClN5O2/c1-13(11-28)26-21(29)16-7-15(19-6-5-17(22)10-23-19)8-18(9-16)27-20(24-12-25-27)14-3-2-4-14/h5-10,12-14,28H,2-4,11H2,1H3,(H,26,29)/t13-/m0/s1. The summed E-state index contributed by atoms with van der Waals surface area (Å²) in [6.45, 7) is 1.61. The fourth-order valence-electron chi connectivity index (χ4n) is 3.31. The van der Waals surface area contributed by atoms with Gasteiger partial charge in [-0.05, 0) is 50.1 Å². The van der Waals surface area contributed by atoms with E-state index in [1.165, 1.54) is 6.42 Å². The Morgan fingerprint density at radius 2 is 2.14 bits per heavy atom. The van der Waals surface area contributed by atoms with Crippen LogP contribution in [0.2, 0.25) is 5.02 Å². The molecule has 1 atom stereocenters. The summed E-state index contributed by atoms with van der Waals surface area (Å²) in [4.78, 5) is 21.6. The van der Waals surface area contributed by atoms with Crippen LogP contribution in [0.4, 0.5) is 0 Å². The molecule has 0 bridgehead atoms. The van der Waals surface area contributed by atoms with E-state index in [2.05, 4.69) is 20.4 Å². The molecule has 0 unspecified atom stereocenters. The predicted octanol–water partition coefficient (Wildman–Crippen LogP) is 3.36. The number of nitrogens with one attached hydrogen (secondary N) is 1. The molecule has 7 nitrogen and oxygen atoms in total. The molecule has 1 saturated carbocycles. The Hall–Kier alpha value is -2.77. The smallest absolute Gasteiger partial charge is 0.251 e. The second-order valence-electron chi connectivity index (χ2n) is 7.35. The summed E-state index contributed by atoms with van der Waals surface area (Å²) in [7, 11) is 0. The number of pyridine rings is 1. The van der Waals surface area contributed by atoms with Crippen molar-refractivity contribution in [2.75, 3.05) is 6.61 Å². The predicted molar refractivity (Wildman–Crippen MR) is 110 cm³/mol. The van der Waals surface area contributed by atoms with E-state index in [9.17, 15) is 9.90 Å². The minimum absolute atomic E-state index is 0.133. The van der Waals surface area contributed by atoms with Gasteiger partial charge in [0.25, 0.3) is 5.91 Å². The molecule has 0 saturated heterocycles. The first kappa shape index (κ1) is 19.5. The number of carbonyl (C=O) groups excluding carboxylic acids is 1. The summed E-state index contributed by atoms with van der Waals surface area (Å²) in [6.07, 6.45) is 6.51. The van der Waals surface area contributed by atoms with Gasteiger partial charge in [0.05, 0.1) is 23.0 Å². The third-order valence-corrected chi connectivity index (χ3v) is 5.37. The van der Waals surface area contributed by atoms with Crippen LogP contribution in [0, 0.1) is 0 Å². The second-order valence-corrected chi connectivity index (χ2v) is 7.78. The molecule has 1 amide bonds. The van der Waals surface area contributed by atoms with Crippen molar-refractivity contribution < 1.29 is 9.90 Å². The monoisotopic (exact) mass is 411 g/mol. The average molecular weight is 412 g/mol. The van der Waals surface area contributed by atoms with E-state index in [0.717, 1.165) is 29.9 Å². The Bertz CT molecular complexity index is 1010. The normalized spacial score (nSPS) is 15.0. The Kier molecular flexibility index (Phi) is 5.60. The topological polar surface area (TPSA) is 92.9 Å². The van der Waals surface area contributed by atoms with E-state index in [-0.39, 0.29) is 18.6 Å². The summed E-state index contributed by atoms with van der Waals surface area (Å²) in [5, 5.41) is 17.0. The molecule has 2 heterocycles. The first-order valence-electron chi connectivity index (χ1n) is 9.64. The lowest BCUT2D eigenvalue weighted by Crippen LogP contribution is -2.35. The minimum Gasteiger partial charge on any atom is -0.394 e. The highest BCUT2D eigenvalue weighted by Crippen LogP contribution is 2.36. The van der Waals surface area contributed by atoms with Crippen molar-refractivity contribution in [1.29, 1.82) is 0 Å². The van der Waals surface area contributed by atoms with Crippen molar-refractivity contribution in [3.8, 4) is 16.9 Å². The van der Waals surface area contributed by atoms with E-state index in [1.807, 2.05) is 12.1 Å². The molecule has 0 spiro atoms. The van der Waals surface area contributed by atoms with Crippen molar-refractivity contribution in [2.45, 2.75) is 38.1 Å². The van der Waals surface area contributed by atoms with Crippen LogP contribution in [0.1, 0.15) is 48.3 Å². The molecule has 1 fully saturated rings. The highest BCUT2D eigenvalue weighted by atomic mass is 35.5. The van der Waals surface area contributed by atoms with Crippen molar-refractivity contribution in [3.05, 3.63) is 59.3 Å². The number of benzene rings is 1. The molecule has 1 aliphatic rings. The molecule has 2 aromatic heterocycles. The molecular formula is C21H22ClN5O2. The fourth-order valence-corrected chi connectivity index (χ4v) is 3.42. The third-order valence-electron chi connectivity index (χ3n) is 5.14. The number of nitrogens with zero attached hydrogens (tertiary/aromatic N) is 4. The molecule has 150 valence electrons. The number of aromatic nitrogens is 4. The van der Waals surface area contributed by atoms with Gasteiger partial charge in [0.1, 0.15) is 12.2 Å². The van der Waals surface area contributed by atoms with Crippen LogP contribution in [0.15, 0.2) is 42.9 Å². The zero-order valence-electron chi connectivity index (χ0n) is 16.0. The second kappa shape index (κ2) is 8.31. The maximum absolute atomic E-state index is 12.8.